The number of halogens is 1. The average Bonchev–Trinajstić information content (AvgIpc) is 2.97. The molecule has 1 atom stereocenters. The molecule has 3 heterocycles. The minimum Gasteiger partial charge on any atom is -0.368 e. The molecule has 0 aliphatic carbocycles. The predicted molar refractivity (Wildman–Crippen MR) is 113 cm³/mol. The zero-order chi connectivity index (χ0) is 19.5. The fourth-order valence-corrected chi connectivity index (χ4v) is 5.11. The molecule has 0 spiro atoms. The fraction of sp³-hybridized carbons (Fsp3) is 0.619. The Morgan fingerprint density at radius 1 is 0.929 bits per heavy atom. The molecule has 1 unspecified atom stereocenters. The fourth-order valence-electron chi connectivity index (χ4n) is 4.58. The number of anilines is 1. The third-order valence-corrected chi connectivity index (χ3v) is 6.87. The van der Waals surface area contributed by atoms with Crippen LogP contribution >= 0.6 is 15.9 Å². The SMILES string of the molecule is O=C1C2CCCCN2C(=O)N1CCCCN1CCN(c2ccccc2Br)CC1. The average molecular weight is 449 g/mol. The quantitative estimate of drug-likeness (QED) is 0.495. The van der Waals surface area contributed by atoms with Gasteiger partial charge in [0, 0.05) is 43.7 Å². The summed E-state index contributed by atoms with van der Waals surface area (Å²) in [6.07, 6.45) is 4.83. The van der Waals surface area contributed by atoms with Gasteiger partial charge in [0.15, 0.2) is 0 Å². The number of fused-ring (bicyclic) bond motifs is 1. The van der Waals surface area contributed by atoms with Crippen LogP contribution in [0.25, 0.3) is 0 Å². The van der Waals surface area contributed by atoms with E-state index in [9.17, 15) is 9.59 Å². The number of unbranched alkanes of at least 4 members (excludes halogenated alkanes) is 1. The van der Waals surface area contributed by atoms with Crippen molar-refractivity contribution in [3.63, 3.8) is 0 Å². The smallest absolute Gasteiger partial charge is 0.327 e. The van der Waals surface area contributed by atoms with Gasteiger partial charge in [-0.1, -0.05) is 12.1 Å². The Morgan fingerprint density at radius 3 is 2.43 bits per heavy atom. The molecule has 0 N–H and O–H groups in total. The second-order valence-corrected chi connectivity index (χ2v) is 8.82. The summed E-state index contributed by atoms with van der Waals surface area (Å²) in [4.78, 5) is 33.1. The number of amides is 3. The first-order valence-electron chi connectivity index (χ1n) is 10.5. The lowest BCUT2D eigenvalue weighted by Gasteiger charge is -2.36. The summed E-state index contributed by atoms with van der Waals surface area (Å²) in [7, 11) is 0. The highest BCUT2D eigenvalue weighted by atomic mass is 79.9. The molecule has 3 amide bonds. The Hall–Kier alpha value is -1.60. The Kier molecular flexibility index (Phi) is 6.21. The van der Waals surface area contributed by atoms with Gasteiger partial charge in [-0.2, -0.15) is 0 Å². The summed E-state index contributed by atoms with van der Waals surface area (Å²) in [5.41, 5.74) is 1.27. The number of piperazine rings is 1. The van der Waals surface area contributed by atoms with Gasteiger partial charge in [-0.3, -0.25) is 14.6 Å². The number of hydrogen-bond donors (Lipinski definition) is 0. The molecule has 28 heavy (non-hydrogen) atoms. The third-order valence-electron chi connectivity index (χ3n) is 6.20. The van der Waals surface area contributed by atoms with Gasteiger partial charge >= 0.3 is 6.03 Å². The lowest BCUT2D eigenvalue weighted by atomic mass is 10.0. The van der Waals surface area contributed by atoms with Crippen LogP contribution in [-0.2, 0) is 4.79 Å². The lowest BCUT2D eigenvalue weighted by Crippen LogP contribution is -2.46. The molecule has 0 radical (unpaired) electrons. The van der Waals surface area contributed by atoms with Gasteiger partial charge in [-0.05, 0) is 66.7 Å². The predicted octanol–water partition coefficient (Wildman–Crippen LogP) is 3.17. The first-order valence-corrected chi connectivity index (χ1v) is 11.3. The number of imide groups is 1. The van der Waals surface area contributed by atoms with Crippen LogP contribution in [0.4, 0.5) is 10.5 Å². The summed E-state index contributed by atoms with van der Waals surface area (Å²) in [6.45, 7) is 6.52. The second-order valence-electron chi connectivity index (χ2n) is 7.96. The van der Waals surface area contributed by atoms with Crippen LogP contribution in [0.5, 0.6) is 0 Å². The number of rotatable bonds is 6. The topological polar surface area (TPSA) is 47.1 Å². The summed E-state index contributed by atoms with van der Waals surface area (Å²) in [6, 6.07) is 8.15. The standard InChI is InChI=1S/C21H29BrN4O2/c22-17-7-1-2-8-18(17)24-15-13-23(14-16-24)10-5-6-12-26-20(27)19-9-3-4-11-25(19)21(26)28/h1-2,7-8,19H,3-6,9-16H2. The zero-order valence-corrected chi connectivity index (χ0v) is 17.9. The van der Waals surface area contributed by atoms with Gasteiger partial charge < -0.3 is 9.80 Å². The van der Waals surface area contributed by atoms with Crippen molar-refractivity contribution in [2.75, 3.05) is 50.7 Å². The second kappa shape index (κ2) is 8.82. The van der Waals surface area contributed by atoms with Crippen LogP contribution in [0.15, 0.2) is 28.7 Å². The monoisotopic (exact) mass is 448 g/mol. The van der Waals surface area contributed by atoms with E-state index < -0.39 is 0 Å². The Labute approximate surface area is 175 Å². The number of nitrogens with zero attached hydrogens (tertiary/aromatic N) is 4. The normalized spacial score (nSPS) is 23.5. The summed E-state index contributed by atoms with van der Waals surface area (Å²) in [5, 5.41) is 0. The van der Waals surface area contributed by atoms with Gasteiger partial charge in [0.25, 0.3) is 5.91 Å². The van der Waals surface area contributed by atoms with Crippen molar-refractivity contribution in [1.82, 2.24) is 14.7 Å². The summed E-state index contributed by atoms with van der Waals surface area (Å²) < 4.78 is 1.15. The van der Waals surface area contributed by atoms with Crippen molar-refractivity contribution in [1.29, 1.82) is 0 Å². The van der Waals surface area contributed by atoms with Gasteiger partial charge in [0.1, 0.15) is 6.04 Å². The zero-order valence-electron chi connectivity index (χ0n) is 16.4. The minimum atomic E-state index is -0.174. The molecule has 1 aromatic carbocycles. The van der Waals surface area contributed by atoms with E-state index in [0.29, 0.717) is 6.54 Å². The summed E-state index contributed by atoms with van der Waals surface area (Å²) >= 11 is 3.64. The molecule has 152 valence electrons. The Bertz CT molecular complexity index is 696. The van der Waals surface area contributed by atoms with Crippen LogP contribution < -0.4 is 4.90 Å². The Balaban J connectivity index is 1.18. The van der Waals surface area contributed by atoms with Crippen molar-refractivity contribution < 1.29 is 9.59 Å². The van der Waals surface area contributed by atoms with Crippen LogP contribution in [0.1, 0.15) is 32.1 Å². The largest absolute Gasteiger partial charge is 0.368 e. The highest BCUT2D eigenvalue weighted by Crippen LogP contribution is 2.28. The Morgan fingerprint density at radius 2 is 1.68 bits per heavy atom. The molecule has 1 aromatic rings. The minimum absolute atomic E-state index is 0.0340. The number of carbonyl (C=O) groups excluding carboxylic acids is 2. The van der Waals surface area contributed by atoms with Gasteiger partial charge in [-0.25, -0.2) is 4.79 Å². The van der Waals surface area contributed by atoms with Crippen LogP contribution in [0.2, 0.25) is 0 Å². The first-order chi connectivity index (χ1) is 13.6. The van der Waals surface area contributed by atoms with Crippen LogP contribution in [-0.4, -0.2) is 78.5 Å². The van der Waals surface area contributed by atoms with E-state index in [1.165, 1.54) is 10.6 Å². The van der Waals surface area contributed by atoms with E-state index in [1.807, 2.05) is 6.07 Å². The molecule has 3 fully saturated rings. The van der Waals surface area contributed by atoms with E-state index in [2.05, 4.69) is 43.9 Å². The van der Waals surface area contributed by atoms with E-state index in [0.717, 1.165) is 75.8 Å². The highest BCUT2D eigenvalue weighted by molar-refractivity contribution is 9.10. The summed E-state index contributed by atoms with van der Waals surface area (Å²) in [5.74, 6) is 0.0340. The molecule has 0 saturated carbocycles. The number of urea groups is 1. The molecule has 7 heteroatoms. The molecule has 4 rings (SSSR count). The molecule has 6 nitrogen and oxygen atoms in total. The van der Waals surface area contributed by atoms with Crippen molar-refractivity contribution in [3.05, 3.63) is 28.7 Å². The maximum Gasteiger partial charge on any atom is 0.327 e. The molecule has 3 aliphatic rings. The first kappa shape index (κ1) is 19.7. The van der Waals surface area contributed by atoms with Crippen LogP contribution in [0.3, 0.4) is 0 Å². The van der Waals surface area contributed by atoms with E-state index in [4.69, 9.17) is 0 Å². The van der Waals surface area contributed by atoms with Gasteiger partial charge in [0.05, 0.1) is 5.69 Å². The van der Waals surface area contributed by atoms with Crippen LogP contribution in [0, 0.1) is 0 Å². The molecule has 3 saturated heterocycles. The van der Waals surface area contributed by atoms with Crippen molar-refractivity contribution >= 4 is 33.6 Å². The number of carbonyl (C=O) groups is 2. The van der Waals surface area contributed by atoms with E-state index in [1.54, 1.807) is 4.90 Å². The highest BCUT2D eigenvalue weighted by Gasteiger charge is 2.45. The maximum atomic E-state index is 12.5. The lowest BCUT2D eigenvalue weighted by molar-refractivity contribution is -0.128. The number of piperidine rings is 1. The van der Waals surface area contributed by atoms with Crippen molar-refractivity contribution in [2.24, 2.45) is 0 Å². The number of benzene rings is 1. The van der Waals surface area contributed by atoms with E-state index >= 15 is 0 Å². The molecular weight excluding hydrogens is 420 g/mol. The van der Waals surface area contributed by atoms with Crippen molar-refractivity contribution in [2.45, 2.75) is 38.1 Å². The number of para-hydroxylation sites is 1. The maximum absolute atomic E-state index is 12.5. The molecule has 0 bridgehead atoms. The van der Waals surface area contributed by atoms with E-state index in [-0.39, 0.29) is 18.0 Å². The molecular formula is C21H29BrN4O2. The third kappa shape index (κ3) is 4.06. The molecule has 3 aliphatic heterocycles. The number of hydrogen-bond acceptors (Lipinski definition) is 4. The molecule has 0 aromatic heterocycles. The van der Waals surface area contributed by atoms with Gasteiger partial charge in [0.2, 0.25) is 0 Å². The van der Waals surface area contributed by atoms with Crippen molar-refractivity contribution in [3.8, 4) is 0 Å². The van der Waals surface area contributed by atoms with Gasteiger partial charge in [-0.15, -0.1) is 0 Å².